The quantitative estimate of drug-likeness (QED) is 0.751. The molecule has 140 valence electrons. The maximum Gasteiger partial charge on any atom is 0.273 e. The number of nitrogens with one attached hydrogen (secondary N) is 1. The van der Waals surface area contributed by atoms with E-state index in [1.807, 2.05) is 18.2 Å². The van der Waals surface area contributed by atoms with Crippen LogP contribution < -0.4 is 5.32 Å². The van der Waals surface area contributed by atoms with E-state index in [-0.39, 0.29) is 17.7 Å². The summed E-state index contributed by atoms with van der Waals surface area (Å²) in [6, 6.07) is 7.13. The molecule has 1 N–H and O–H groups in total. The number of allylic oxidation sites excluding steroid dienone is 4. The van der Waals surface area contributed by atoms with Crippen LogP contribution in [0.15, 0.2) is 69.1 Å². The van der Waals surface area contributed by atoms with Crippen molar-refractivity contribution in [3.05, 3.63) is 69.6 Å². The van der Waals surface area contributed by atoms with Crippen molar-refractivity contribution in [2.75, 3.05) is 20.8 Å². The van der Waals surface area contributed by atoms with Gasteiger partial charge in [0.1, 0.15) is 17.2 Å². The highest BCUT2D eigenvalue weighted by Gasteiger charge is 2.32. The molecule has 0 saturated heterocycles. The lowest BCUT2D eigenvalue weighted by Crippen LogP contribution is -2.30. The summed E-state index contributed by atoms with van der Waals surface area (Å²) in [6.45, 7) is 0.333. The van der Waals surface area contributed by atoms with Crippen molar-refractivity contribution in [1.29, 1.82) is 0 Å². The molecule has 0 bridgehead atoms. The molecule has 1 atom stereocenters. The molecular formula is C20H19BrN2O4. The van der Waals surface area contributed by atoms with Gasteiger partial charge in [-0.3, -0.25) is 9.59 Å². The number of ether oxygens (including phenoxy) is 2. The van der Waals surface area contributed by atoms with Crippen molar-refractivity contribution in [2.24, 2.45) is 10.9 Å². The molecule has 3 rings (SSSR count). The molecular weight excluding hydrogens is 412 g/mol. The van der Waals surface area contributed by atoms with Gasteiger partial charge >= 0.3 is 0 Å². The number of amides is 2. The molecule has 2 aliphatic rings. The summed E-state index contributed by atoms with van der Waals surface area (Å²) in [7, 11) is 3.12. The largest absolute Gasteiger partial charge is 0.500 e. The van der Waals surface area contributed by atoms with Gasteiger partial charge < -0.3 is 14.8 Å². The van der Waals surface area contributed by atoms with E-state index >= 15 is 0 Å². The maximum absolute atomic E-state index is 12.4. The van der Waals surface area contributed by atoms with Crippen LogP contribution in [0, 0.1) is 5.92 Å². The molecule has 1 aliphatic heterocycles. The Balaban J connectivity index is 1.67. The lowest BCUT2D eigenvalue weighted by atomic mass is 9.89. The number of nitrogens with zero attached hydrogens (tertiary/aromatic N) is 1. The normalized spacial score (nSPS) is 18.5. The molecule has 6 nitrogen and oxygen atoms in total. The van der Waals surface area contributed by atoms with Crippen LogP contribution in [0.3, 0.4) is 0 Å². The van der Waals surface area contributed by atoms with Crippen LogP contribution in [0.5, 0.6) is 0 Å². The molecule has 2 amide bonds. The lowest BCUT2D eigenvalue weighted by Gasteiger charge is -2.26. The fourth-order valence-corrected chi connectivity index (χ4v) is 3.37. The molecule has 0 radical (unpaired) electrons. The summed E-state index contributed by atoms with van der Waals surface area (Å²) in [6.07, 6.45) is 5.76. The van der Waals surface area contributed by atoms with Crippen molar-refractivity contribution in [2.45, 2.75) is 6.42 Å². The van der Waals surface area contributed by atoms with Crippen LogP contribution in [0.4, 0.5) is 0 Å². The van der Waals surface area contributed by atoms with Gasteiger partial charge in [-0.2, -0.15) is 0 Å². The van der Waals surface area contributed by atoms with Crippen LogP contribution in [0.2, 0.25) is 0 Å². The third kappa shape index (κ3) is 4.19. The minimum absolute atomic E-state index is 0.191. The Morgan fingerprint density at radius 3 is 2.78 bits per heavy atom. The SMILES string of the molecule is COC1=CC=C(OC)C2C=C(CCNC(=O)c3cccc(Br)c3)C(=O)N=C12. The van der Waals surface area contributed by atoms with Crippen molar-refractivity contribution < 1.29 is 19.1 Å². The Labute approximate surface area is 165 Å². The number of fused-ring (bicyclic) bond motifs is 1. The number of carbonyl (C=O) groups excluding carboxylic acids is 2. The monoisotopic (exact) mass is 430 g/mol. The first-order valence-electron chi connectivity index (χ1n) is 8.41. The molecule has 7 heteroatoms. The first-order valence-corrected chi connectivity index (χ1v) is 9.20. The van der Waals surface area contributed by atoms with Gasteiger partial charge in [0, 0.05) is 22.2 Å². The fraction of sp³-hybridized carbons (Fsp3) is 0.250. The van der Waals surface area contributed by atoms with Crippen LogP contribution in [-0.4, -0.2) is 38.3 Å². The Kier molecular flexibility index (Phi) is 5.91. The van der Waals surface area contributed by atoms with E-state index in [1.165, 1.54) is 7.11 Å². The second-order valence-electron chi connectivity index (χ2n) is 6.00. The average molecular weight is 431 g/mol. The zero-order valence-corrected chi connectivity index (χ0v) is 16.6. The number of hydrogen-bond acceptors (Lipinski definition) is 4. The van der Waals surface area contributed by atoms with Gasteiger partial charge in [0.15, 0.2) is 0 Å². The van der Waals surface area contributed by atoms with Crippen LogP contribution in [0.1, 0.15) is 16.8 Å². The van der Waals surface area contributed by atoms with Gasteiger partial charge in [-0.1, -0.05) is 28.1 Å². The highest BCUT2D eigenvalue weighted by Crippen LogP contribution is 2.30. The third-order valence-corrected chi connectivity index (χ3v) is 4.83. The molecule has 1 aromatic rings. The molecule has 1 aliphatic carbocycles. The van der Waals surface area contributed by atoms with E-state index in [0.29, 0.717) is 41.3 Å². The summed E-state index contributed by atoms with van der Waals surface area (Å²) in [5.74, 6) is 0.468. The standard InChI is InChI=1S/C20H19BrN2O4/c1-26-16-6-7-17(27-2)18-15(16)11-13(20(25)23-18)8-9-22-19(24)12-4-3-5-14(21)10-12/h3-7,10-11,15H,8-9H2,1-2H3,(H,22,24). The van der Waals surface area contributed by atoms with Crippen molar-refractivity contribution >= 4 is 33.5 Å². The summed E-state index contributed by atoms with van der Waals surface area (Å²) in [5.41, 5.74) is 1.64. The molecule has 0 saturated carbocycles. The Hall–Kier alpha value is -2.67. The average Bonchev–Trinajstić information content (AvgIpc) is 2.67. The Morgan fingerprint density at radius 1 is 1.26 bits per heavy atom. The fourth-order valence-electron chi connectivity index (χ4n) is 2.97. The van der Waals surface area contributed by atoms with Gasteiger partial charge in [0.2, 0.25) is 0 Å². The van der Waals surface area contributed by atoms with Crippen molar-refractivity contribution in [3.63, 3.8) is 0 Å². The zero-order chi connectivity index (χ0) is 19.4. The Morgan fingerprint density at radius 2 is 2.07 bits per heavy atom. The van der Waals surface area contributed by atoms with E-state index < -0.39 is 0 Å². The lowest BCUT2D eigenvalue weighted by molar-refractivity contribution is -0.114. The summed E-state index contributed by atoms with van der Waals surface area (Å²) in [5, 5.41) is 2.83. The second kappa shape index (κ2) is 8.35. The predicted molar refractivity (Wildman–Crippen MR) is 105 cm³/mol. The van der Waals surface area contributed by atoms with Gasteiger partial charge in [0.05, 0.1) is 20.1 Å². The molecule has 27 heavy (non-hydrogen) atoms. The minimum Gasteiger partial charge on any atom is -0.500 e. The summed E-state index contributed by atoms with van der Waals surface area (Å²) in [4.78, 5) is 28.8. The molecule has 0 spiro atoms. The van der Waals surface area contributed by atoms with Gasteiger partial charge in [-0.05, 0) is 36.8 Å². The predicted octanol–water partition coefficient (Wildman–Crippen LogP) is 3.17. The van der Waals surface area contributed by atoms with Crippen LogP contribution in [0.25, 0.3) is 0 Å². The number of halogens is 1. The summed E-state index contributed by atoms with van der Waals surface area (Å²) < 4.78 is 11.5. The van der Waals surface area contributed by atoms with Crippen LogP contribution >= 0.6 is 15.9 Å². The second-order valence-corrected chi connectivity index (χ2v) is 6.91. The van der Waals surface area contributed by atoms with Gasteiger partial charge in [-0.15, -0.1) is 0 Å². The van der Waals surface area contributed by atoms with Gasteiger partial charge in [0.25, 0.3) is 11.8 Å². The molecule has 0 fully saturated rings. The van der Waals surface area contributed by atoms with E-state index in [4.69, 9.17) is 9.47 Å². The molecule has 1 heterocycles. The van der Waals surface area contributed by atoms with Crippen molar-refractivity contribution in [1.82, 2.24) is 5.32 Å². The summed E-state index contributed by atoms with van der Waals surface area (Å²) >= 11 is 3.34. The number of benzene rings is 1. The highest BCUT2D eigenvalue weighted by atomic mass is 79.9. The first kappa shape index (κ1) is 19.1. The first-order chi connectivity index (χ1) is 13.0. The number of methoxy groups -OCH3 is 2. The van der Waals surface area contributed by atoms with E-state index in [2.05, 4.69) is 26.2 Å². The molecule has 0 aromatic heterocycles. The van der Waals surface area contributed by atoms with Gasteiger partial charge in [-0.25, -0.2) is 4.99 Å². The smallest absolute Gasteiger partial charge is 0.273 e. The van der Waals surface area contributed by atoms with Crippen molar-refractivity contribution in [3.8, 4) is 0 Å². The number of carbonyl (C=O) groups is 2. The number of dihydropyridines is 1. The maximum atomic E-state index is 12.4. The number of rotatable bonds is 6. The van der Waals surface area contributed by atoms with Crippen LogP contribution in [-0.2, 0) is 14.3 Å². The zero-order valence-electron chi connectivity index (χ0n) is 15.0. The third-order valence-electron chi connectivity index (χ3n) is 4.34. The van der Waals surface area contributed by atoms with E-state index in [9.17, 15) is 9.59 Å². The van der Waals surface area contributed by atoms with E-state index in [1.54, 1.807) is 31.4 Å². The molecule has 1 aromatic carbocycles. The highest BCUT2D eigenvalue weighted by molar-refractivity contribution is 9.10. The van der Waals surface area contributed by atoms with E-state index in [0.717, 1.165) is 4.47 Å². The minimum atomic E-state index is -0.321. The Bertz CT molecular complexity index is 899. The topological polar surface area (TPSA) is 77.0 Å². The number of hydrogen-bond donors (Lipinski definition) is 1. The molecule has 1 unspecified atom stereocenters. The number of aliphatic imine (C=N–C) groups is 1.